The fraction of sp³-hybridized carbons (Fsp3) is 0.217. The van der Waals surface area contributed by atoms with Crippen molar-refractivity contribution in [2.45, 2.75) is 29.8 Å². The molecule has 160 valence electrons. The third-order valence-corrected chi connectivity index (χ3v) is 6.46. The Morgan fingerprint density at radius 3 is 2.72 bits per heavy atom. The molecule has 9 heteroatoms. The largest absolute Gasteiger partial charge is 0.497 e. The van der Waals surface area contributed by atoms with Gasteiger partial charge >= 0.3 is 0 Å². The van der Waals surface area contributed by atoms with Crippen LogP contribution in [0.5, 0.6) is 5.75 Å². The highest BCUT2D eigenvalue weighted by molar-refractivity contribution is 7.98. The predicted molar refractivity (Wildman–Crippen MR) is 121 cm³/mol. The summed E-state index contributed by atoms with van der Waals surface area (Å²) in [5, 5.41) is 19.5. The number of nitrogens with zero attached hydrogens (tertiary/aromatic N) is 5. The van der Waals surface area contributed by atoms with E-state index in [9.17, 15) is 0 Å². The van der Waals surface area contributed by atoms with Gasteiger partial charge in [0.15, 0.2) is 11.0 Å². The Kier molecular flexibility index (Phi) is 4.68. The van der Waals surface area contributed by atoms with Gasteiger partial charge in [-0.25, -0.2) is 0 Å². The SMILES string of the molecule is COc1ccc(-c2nnc(CSc3nnc(-c4c[nH]c5ccccc45)n3C3CC3)o2)cc1. The number of ether oxygens (including phenoxy) is 1. The highest BCUT2D eigenvalue weighted by Crippen LogP contribution is 2.42. The molecule has 1 aliphatic rings. The third kappa shape index (κ3) is 3.44. The molecule has 0 saturated heterocycles. The number of H-pyrrole nitrogens is 1. The molecule has 0 unspecified atom stereocenters. The number of hydrogen-bond acceptors (Lipinski definition) is 7. The molecule has 0 atom stereocenters. The minimum Gasteiger partial charge on any atom is -0.497 e. The van der Waals surface area contributed by atoms with Crippen LogP contribution in [0.3, 0.4) is 0 Å². The van der Waals surface area contributed by atoms with Crippen molar-refractivity contribution < 1.29 is 9.15 Å². The van der Waals surface area contributed by atoms with Crippen molar-refractivity contribution in [1.29, 1.82) is 0 Å². The molecule has 0 spiro atoms. The van der Waals surface area contributed by atoms with E-state index in [0.717, 1.165) is 51.6 Å². The average molecular weight is 445 g/mol. The van der Waals surface area contributed by atoms with Crippen LogP contribution in [0.2, 0.25) is 0 Å². The standard InChI is InChI=1S/C23H20N6O2S/c1-30-16-10-6-14(7-11-16)22-27-25-20(31-22)13-32-23-28-26-21(29(23)15-8-9-15)18-12-24-19-5-3-2-4-17(18)19/h2-7,10-12,15,24H,8-9,13H2,1H3. The fourth-order valence-corrected chi connectivity index (χ4v) is 4.61. The number of rotatable bonds is 7. The Hall–Kier alpha value is -3.59. The van der Waals surface area contributed by atoms with Gasteiger partial charge in [0, 0.05) is 34.3 Å². The number of para-hydroxylation sites is 1. The van der Waals surface area contributed by atoms with E-state index in [-0.39, 0.29) is 0 Å². The molecule has 2 aromatic carbocycles. The van der Waals surface area contributed by atoms with E-state index in [1.54, 1.807) is 18.9 Å². The molecule has 1 N–H and O–H groups in total. The normalized spacial score (nSPS) is 13.7. The topological polar surface area (TPSA) is 94.7 Å². The molecule has 0 bridgehead atoms. The number of aromatic amines is 1. The smallest absolute Gasteiger partial charge is 0.247 e. The number of benzene rings is 2. The van der Waals surface area contributed by atoms with Crippen molar-refractivity contribution in [3.63, 3.8) is 0 Å². The summed E-state index contributed by atoms with van der Waals surface area (Å²) in [6.45, 7) is 0. The Morgan fingerprint density at radius 1 is 1.06 bits per heavy atom. The van der Waals surface area contributed by atoms with Crippen LogP contribution in [0.15, 0.2) is 64.3 Å². The molecule has 0 radical (unpaired) electrons. The monoisotopic (exact) mass is 444 g/mol. The Balaban J connectivity index is 1.24. The van der Waals surface area contributed by atoms with Crippen molar-refractivity contribution in [2.75, 3.05) is 7.11 Å². The van der Waals surface area contributed by atoms with Gasteiger partial charge < -0.3 is 14.1 Å². The first-order valence-corrected chi connectivity index (χ1v) is 11.4. The van der Waals surface area contributed by atoms with Crippen molar-refractivity contribution >= 4 is 22.7 Å². The second-order valence-electron chi connectivity index (χ2n) is 7.67. The van der Waals surface area contributed by atoms with Crippen LogP contribution in [0.4, 0.5) is 0 Å². The summed E-state index contributed by atoms with van der Waals surface area (Å²) in [7, 11) is 1.64. The summed E-state index contributed by atoms with van der Waals surface area (Å²) in [5.74, 6) is 3.26. The molecule has 6 rings (SSSR count). The van der Waals surface area contributed by atoms with E-state index in [1.807, 2.05) is 42.6 Å². The van der Waals surface area contributed by atoms with E-state index in [4.69, 9.17) is 9.15 Å². The summed E-state index contributed by atoms with van der Waals surface area (Å²) >= 11 is 1.57. The summed E-state index contributed by atoms with van der Waals surface area (Å²) in [5.41, 5.74) is 3.03. The first kappa shape index (κ1) is 19.1. The minimum absolute atomic E-state index is 0.439. The number of aromatic nitrogens is 6. The van der Waals surface area contributed by atoms with Crippen molar-refractivity contribution in [1.82, 2.24) is 29.9 Å². The maximum Gasteiger partial charge on any atom is 0.247 e. The highest BCUT2D eigenvalue weighted by Gasteiger charge is 2.31. The number of hydrogen-bond donors (Lipinski definition) is 1. The van der Waals surface area contributed by atoms with E-state index in [0.29, 0.717) is 23.6 Å². The molecule has 1 aliphatic carbocycles. The van der Waals surface area contributed by atoms with Crippen LogP contribution in [-0.4, -0.2) is 37.1 Å². The van der Waals surface area contributed by atoms with Gasteiger partial charge in [-0.2, -0.15) is 0 Å². The van der Waals surface area contributed by atoms with Crippen molar-refractivity contribution in [2.24, 2.45) is 0 Å². The summed E-state index contributed by atoms with van der Waals surface area (Å²) in [4.78, 5) is 3.34. The molecular formula is C23H20N6O2S. The van der Waals surface area contributed by atoms with E-state index in [1.165, 1.54) is 0 Å². The Labute approximate surface area is 188 Å². The maximum atomic E-state index is 5.87. The summed E-state index contributed by atoms with van der Waals surface area (Å²) in [6, 6.07) is 16.2. The fourth-order valence-electron chi connectivity index (χ4n) is 3.77. The highest BCUT2D eigenvalue weighted by atomic mass is 32.2. The number of nitrogens with one attached hydrogen (secondary N) is 1. The lowest BCUT2D eigenvalue weighted by molar-refractivity contribution is 0.415. The second-order valence-corrected chi connectivity index (χ2v) is 8.62. The molecule has 5 aromatic rings. The van der Waals surface area contributed by atoms with Gasteiger partial charge in [-0.3, -0.25) is 4.57 Å². The van der Waals surface area contributed by atoms with Crippen LogP contribution in [0.25, 0.3) is 33.7 Å². The Bertz CT molecular complexity index is 1380. The lowest BCUT2D eigenvalue weighted by Crippen LogP contribution is -1.99. The number of methoxy groups -OCH3 is 1. The molecule has 1 saturated carbocycles. The van der Waals surface area contributed by atoms with Crippen molar-refractivity contribution in [3.05, 3.63) is 60.6 Å². The Morgan fingerprint density at radius 2 is 1.91 bits per heavy atom. The molecular weight excluding hydrogens is 424 g/mol. The lowest BCUT2D eigenvalue weighted by Gasteiger charge is -2.07. The van der Waals surface area contributed by atoms with Gasteiger partial charge in [0.05, 0.1) is 12.9 Å². The maximum absolute atomic E-state index is 5.87. The zero-order chi connectivity index (χ0) is 21.5. The molecule has 32 heavy (non-hydrogen) atoms. The number of thioether (sulfide) groups is 1. The van der Waals surface area contributed by atoms with Crippen LogP contribution < -0.4 is 4.74 Å². The first-order chi connectivity index (χ1) is 15.8. The van der Waals surface area contributed by atoms with Gasteiger partial charge in [0.25, 0.3) is 0 Å². The van der Waals surface area contributed by atoms with E-state index < -0.39 is 0 Å². The second kappa shape index (κ2) is 7.83. The van der Waals surface area contributed by atoms with E-state index in [2.05, 4.69) is 42.1 Å². The van der Waals surface area contributed by atoms with Crippen LogP contribution in [0, 0.1) is 0 Å². The van der Waals surface area contributed by atoms with Gasteiger partial charge in [0.2, 0.25) is 11.8 Å². The van der Waals surface area contributed by atoms with Crippen LogP contribution in [0.1, 0.15) is 24.8 Å². The average Bonchev–Trinajstić information content (AvgIpc) is 3.24. The quantitative estimate of drug-likeness (QED) is 0.348. The first-order valence-electron chi connectivity index (χ1n) is 10.4. The van der Waals surface area contributed by atoms with E-state index >= 15 is 0 Å². The summed E-state index contributed by atoms with van der Waals surface area (Å²) in [6.07, 6.45) is 4.30. The molecule has 0 aliphatic heterocycles. The van der Waals surface area contributed by atoms with Gasteiger partial charge in [-0.15, -0.1) is 20.4 Å². The van der Waals surface area contributed by atoms with Gasteiger partial charge in [0.1, 0.15) is 5.75 Å². The van der Waals surface area contributed by atoms with Crippen molar-refractivity contribution in [3.8, 4) is 28.6 Å². The molecule has 3 aromatic heterocycles. The zero-order valence-electron chi connectivity index (χ0n) is 17.4. The van der Waals surface area contributed by atoms with Gasteiger partial charge in [-0.05, 0) is 43.2 Å². The molecule has 3 heterocycles. The van der Waals surface area contributed by atoms with Crippen LogP contribution >= 0.6 is 11.8 Å². The van der Waals surface area contributed by atoms with Gasteiger partial charge in [-0.1, -0.05) is 30.0 Å². The molecule has 0 amide bonds. The molecule has 1 fully saturated rings. The molecule has 8 nitrogen and oxygen atoms in total. The summed E-state index contributed by atoms with van der Waals surface area (Å²) < 4.78 is 13.3. The number of fused-ring (bicyclic) bond motifs is 1. The lowest BCUT2D eigenvalue weighted by atomic mass is 10.1. The minimum atomic E-state index is 0.439. The third-order valence-electron chi connectivity index (χ3n) is 5.54. The zero-order valence-corrected chi connectivity index (χ0v) is 18.2. The van der Waals surface area contributed by atoms with Crippen LogP contribution in [-0.2, 0) is 5.75 Å². The predicted octanol–water partition coefficient (Wildman–Crippen LogP) is 5.11.